The molecule has 6 nitrogen and oxygen atoms in total. The molecule has 0 aliphatic carbocycles. The summed E-state index contributed by atoms with van der Waals surface area (Å²) in [7, 11) is -3.87. The highest BCUT2D eigenvalue weighted by atomic mass is 32.2. The van der Waals surface area contributed by atoms with Crippen molar-refractivity contribution in [1.29, 1.82) is 0 Å². The van der Waals surface area contributed by atoms with Crippen LogP contribution in [0.2, 0.25) is 0 Å². The van der Waals surface area contributed by atoms with Gasteiger partial charge in [0.15, 0.2) is 0 Å². The summed E-state index contributed by atoms with van der Waals surface area (Å²) in [4.78, 5) is 10.6. The maximum Gasteiger partial charge on any atom is 0.321 e. The number of aliphatic hydroxyl groups excluding tert-OH is 1. The first-order valence-corrected chi connectivity index (χ1v) is 6.80. The zero-order valence-corrected chi connectivity index (χ0v) is 10.9. The molecule has 102 valence electrons. The van der Waals surface area contributed by atoms with E-state index in [9.17, 15) is 13.2 Å². The molecule has 1 aromatic rings. The summed E-state index contributed by atoms with van der Waals surface area (Å²) in [5, 5.41) is 17.2. The van der Waals surface area contributed by atoms with Crippen molar-refractivity contribution < 1.29 is 23.4 Å². The molecule has 0 amide bonds. The van der Waals surface area contributed by atoms with E-state index in [0.717, 1.165) is 0 Å². The molecule has 0 fully saturated rings. The zero-order chi connectivity index (χ0) is 14.5. The van der Waals surface area contributed by atoms with E-state index in [1.165, 1.54) is 31.2 Å². The molecule has 0 aliphatic rings. The lowest BCUT2D eigenvalue weighted by Gasteiger charge is -2.10. The Balaban J connectivity index is 2.94. The van der Waals surface area contributed by atoms with Crippen molar-refractivity contribution in [3.63, 3.8) is 0 Å². The number of hydrogen-bond donors (Lipinski definition) is 3. The van der Waals surface area contributed by atoms with Crippen molar-refractivity contribution in [1.82, 2.24) is 4.72 Å². The van der Waals surface area contributed by atoms with Crippen LogP contribution in [0.4, 0.5) is 0 Å². The van der Waals surface area contributed by atoms with Crippen LogP contribution in [0.3, 0.4) is 0 Å². The van der Waals surface area contributed by atoms with Gasteiger partial charge in [-0.25, -0.2) is 8.42 Å². The number of benzene rings is 1. The van der Waals surface area contributed by atoms with Gasteiger partial charge in [-0.1, -0.05) is 11.8 Å². The van der Waals surface area contributed by atoms with E-state index in [1.807, 2.05) is 4.72 Å². The normalized spacial score (nSPS) is 12.3. The van der Waals surface area contributed by atoms with Crippen LogP contribution in [-0.2, 0) is 14.8 Å². The Hall–Kier alpha value is -1.88. The topological polar surface area (TPSA) is 104 Å². The monoisotopic (exact) mass is 283 g/mol. The van der Waals surface area contributed by atoms with E-state index in [-0.39, 0.29) is 11.5 Å². The first-order valence-electron chi connectivity index (χ1n) is 5.32. The lowest BCUT2D eigenvalue weighted by molar-refractivity contribution is -0.138. The quantitative estimate of drug-likeness (QED) is 0.663. The second-order valence-electron chi connectivity index (χ2n) is 3.67. The minimum atomic E-state index is -3.87. The van der Waals surface area contributed by atoms with Gasteiger partial charge in [0.2, 0.25) is 10.0 Å². The minimum Gasteiger partial charge on any atom is -0.480 e. The van der Waals surface area contributed by atoms with Crippen molar-refractivity contribution in [2.24, 2.45) is 0 Å². The van der Waals surface area contributed by atoms with Gasteiger partial charge < -0.3 is 10.2 Å². The Morgan fingerprint density at radius 2 is 1.95 bits per heavy atom. The maximum absolute atomic E-state index is 11.8. The number of hydrogen-bond acceptors (Lipinski definition) is 4. The first-order chi connectivity index (χ1) is 8.86. The van der Waals surface area contributed by atoms with Crippen molar-refractivity contribution in [2.75, 3.05) is 6.61 Å². The average molecular weight is 283 g/mol. The summed E-state index contributed by atoms with van der Waals surface area (Å²) in [6.07, 6.45) is 0. The number of carboxylic acids is 1. The molecule has 19 heavy (non-hydrogen) atoms. The van der Waals surface area contributed by atoms with Gasteiger partial charge >= 0.3 is 5.97 Å². The number of sulfonamides is 1. The molecule has 0 radical (unpaired) electrons. The van der Waals surface area contributed by atoms with Crippen LogP contribution in [0.1, 0.15) is 12.5 Å². The summed E-state index contributed by atoms with van der Waals surface area (Å²) in [5.41, 5.74) is 0.555. The fraction of sp³-hybridized carbons (Fsp3) is 0.250. The van der Waals surface area contributed by atoms with Crippen LogP contribution in [0.15, 0.2) is 29.2 Å². The lowest BCUT2D eigenvalue weighted by atomic mass is 10.2. The van der Waals surface area contributed by atoms with Gasteiger partial charge in [0.1, 0.15) is 12.6 Å². The molecule has 0 heterocycles. The zero-order valence-electron chi connectivity index (χ0n) is 10.1. The lowest BCUT2D eigenvalue weighted by Crippen LogP contribution is -2.38. The average Bonchev–Trinajstić information content (AvgIpc) is 2.36. The minimum absolute atomic E-state index is 0.0462. The third-order valence-corrected chi connectivity index (χ3v) is 3.74. The summed E-state index contributed by atoms with van der Waals surface area (Å²) < 4.78 is 25.7. The molecule has 0 saturated heterocycles. The SMILES string of the molecule is C[C@@H](NS(=O)(=O)c1ccc(C#CCO)cc1)C(=O)O. The Labute approximate surface area is 111 Å². The van der Waals surface area contributed by atoms with Crippen LogP contribution < -0.4 is 4.72 Å². The third kappa shape index (κ3) is 4.37. The second kappa shape index (κ2) is 6.33. The fourth-order valence-corrected chi connectivity index (χ4v) is 2.41. The molecule has 1 rings (SSSR count). The number of carboxylic acid groups (broad SMARTS) is 1. The van der Waals surface area contributed by atoms with E-state index in [0.29, 0.717) is 5.56 Å². The fourth-order valence-electron chi connectivity index (χ4n) is 1.21. The highest BCUT2D eigenvalue weighted by molar-refractivity contribution is 7.89. The number of aliphatic hydroxyl groups is 1. The van der Waals surface area contributed by atoms with E-state index in [2.05, 4.69) is 11.8 Å². The molecular weight excluding hydrogens is 270 g/mol. The standard InChI is InChI=1S/C12H13NO5S/c1-9(12(15)16)13-19(17,18)11-6-4-10(5-7-11)3-2-8-14/h4-7,9,13-14H,8H2,1H3,(H,15,16)/t9-/m1/s1. The Bertz CT molecular complexity index is 610. The molecule has 3 N–H and O–H groups in total. The van der Waals surface area contributed by atoms with Crippen LogP contribution >= 0.6 is 0 Å². The first kappa shape index (κ1) is 15.2. The highest BCUT2D eigenvalue weighted by Gasteiger charge is 2.21. The molecule has 0 spiro atoms. The van der Waals surface area contributed by atoms with Gasteiger partial charge in [-0.15, -0.1) is 0 Å². The van der Waals surface area contributed by atoms with Gasteiger partial charge in [0, 0.05) is 5.56 Å². The predicted molar refractivity (Wildman–Crippen MR) is 67.8 cm³/mol. The molecule has 0 saturated carbocycles. The van der Waals surface area contributed by atoms with Gasteiger partial charge in [-0.3, -0.25) is 4.79 Å². The Kier molecular flexibility index (Phi) is 5.06. The van der Waals surface area contributed by atoms with Gasteiger partial charge in [0.05, 0.1) is 4.90 Å². The van der Waals surface area contributed by atoms with E-state index in [4.69, 9.17) is 10.2 Å². The smallest absolute Gasteiger partial charge is 0.321 e. The summed E-state index contributed by atoms with van der Waals surface area (Å²) in [6, 6.07) is 4.38. The number of rotatable bonds is 4. The molecule has 1 aromatic carbocycles. The molecule has 0 aromatic heterocycles. The molecule has 1 atom stereocenters. The van der Waals surface area contributed by atoms with Crippen LogP contribution in [0.5, 0.6) is 0 Å². The van der Waals surface area contributed by atoms with Crippen LogP contribution in [0, 0.1) is 11.8 Å². The van der Waals surface area contributed by atoms with Gasteiger partial charge in [-0.2, -0.15) is 4.72 Å². The Morgan fingerprint density at radius 3 is 2.42 bits per heavy atom. The van der Waals surface area contributed by atoms with Crippen LogP contribution in [0.25, 0.3) is 0 Å². The van der Waals surface area contributed by atoms with E-state index >= 15 is 0 Å². The highest BCUT2D eigenvalue weighted by Crippen LogP contribution is 2.10. The van der Waals surface area contributed by atoms with Crippen molar-refractivity contribution in [3.05, 3.63) is 29.8 Å². The largest absolute Gasteiger partial charge is 0.480 e. The number of nitrogens with one attached hydrogen (secondary N) is 1. The maximum atomic E-state index is 11.8. The second-order valence-corrected chi connectivity index (χ2v) is 5.38. The van der Waals surface area contributed by atoms with Crippen LogP contribution in [-0.4, -0.2) is 37.2 Å². The van der Waals surface area contributed by atoms with Gasteiger partial charge in [0.25, 0.3) is 0 Å². The summed E-state index contributed by atoms with van der Waals surface area (Å²) >= 11 is 0. The number of carbonyl (C=O) groups is 1. The van der Waals surface area contributed by atoms with E-state index in [1.54, 1.807) is 0 Å². The summed E-state index contributed by atoms with van der Waals surface area (Å²) in [5.74, 6) is 3.80. The molecule has 0 aliphatic heterocycles. The molecule has 7 heteroatoms. The molecule has 0 unspecified atom stereocenters. The molecular formula is C12H13NO5S. The number of aliphatic carboxylic acids is 1. The Morgan fingerprint density at radius 1 is 1.37 bits per heavy atom. The molecule has 0 bridgehead atoms. The third-order valence-electron chi connectivity index (χ3n) is 2.18. The van der Waals surface area contributed by atoms with Gasteiger partial charge in [-0.05, 0) is 31.2 Å². The van der Waals surface area contributed by atoms with E-state index < -0.39 is 22.0 Å². The summed E-state index contributed by atoms with van der Waals surface area (Å²) in [6.45, 7) is 0.957. The van der Waals surface area contributed by atoms with Crippen molar-refractivity contribution >= 4 is 16.0 Å². The predicted octanol–water partition coefficient (Wildman–Crippen LogP) is -0.218. The van der Waals surface area contributed by atoms with Crippen molar-refractivity contribution in [2.45, 2.75) is 17.9 Å². The van der Waals surface area contributed by atoms with Crippen molar-refractivity contribution in [3.8, 4) is 11.8 Å².